The second-order valence-electron chi connectivity index (χ2n) is 7.69. The van der Waals surface area contributed by atoms with Gasteiger partial charge in [0.15, 0.2) is 0 Å². The average molecular weight is 513 g/mol. The predicted octanol–water partition coefficient (Wildman–Crippen LogP) is 6.01. The molecule has 0 bridgehead atoms. The minimum absolute atomic E-state index is 0.000678. The van der Waals surface area contributed by atoms with Gasteiger partial charge in [-0.2, -0.15) is 9.97 Å². The number of benzene rings is 2. The molecule has 0 saturated carbocycles. The van der Waals surface area contributed by atoms with Gasteiger partial charge in [0, 0.05) is 17.3 Å². The summed E-state index contributed by atoms with van der Waals surface area (Å²) in [5.41, 5.74) is 2.91. The van der Waals surface area contributed by atoms with Crippen molar-refractivity contribution in [3.8, 4) is 28.6 Å². The predicted molar refractivity (Wildman–Crippen MR) is 133 cm³/mol. The fraction of sp³-hybridized carbons (Fsp3) is 0.200. The van der Waals surface area contributed by atoms with E-state index in [1.54, 1.807) is 25.1 Å². The van der Waals surface area contributed by atoms with E-state index in [4.69, 9.17) is 25.8 Å². The van der Waals surface area contributed by atoms with Crippen molar-refractivity contribution in [2.24, 2.45) is 0 Å². The fourth-order valence-corrected chi connectivity index (χ4v) is 3.96. The van der Waals surface area contributed by atoms with E-state index >= 15 is 4.39 Å². The van der Waals surface area contributed by atoms with Crippen LogP contribution in [0.1, 0.15) is 11.3 Å². The zero-order chi connectivity index (χ0) is 26.0. The zero-order valence-corrected chi connectivity index (χ0v) is 20.9. The van der Waals surface area contributed by atoms with Crippen molar-refractivity contribution < 1.29 is 28.1 Å². The Hall–Kier alpha value is -4.18. The van der Waals surface area contributed by atoms with Crippen molar-refractivity contribution in [3.63, 3.8) is 0 Å². The van der Waals surface area contributed by atoms with Crippen LogP contribution in [0.5, 0.6) is 17.5 Å². The van der Waals surface area contributed by atoms with Crippen LogP contribution in [0.3, 0.4) is 0 Å². The summed E-state index contributed by atoms with van der Waals surface area (Å²) in [5, 5.41) is 3.81. The Balaban J connectivity index is 1.97. The van der Waals surface area contributed by atoms with Crippen molar-refractivity contribution in [3.05, 3.63) is 58.6 Å². The molecule has 0 aliphatic carbocycles. The van der Waals surface area contributed by atoms with Crippen LogP contribution in [0.25, 0.3) is 22.0 Å². The Bertz CT molecular complexity index is 1460. The Kier molecular flexibility index (Phi) is 7.07. The molecule has 2 heterocycles. The molecular formula is C25H22ClFN4O5. The molecule has 9 nitrogen and oxygen atoms in total. The van der Waals surface area contributed by atoms with Gasteiger partial charge >= 0.3 is 12.2 Å². The van der Waals surface area contributed by atoms with Crippen LogP contribution in [0.4, 0.5) is 20.7 Å². The quantitative estimate of drug-likeness (QED) is 0.189. The molecule has 0 atom stereocenters. The zero-order valence-electron chi connectivity index (χ0n) is 20.1. The summed E-state index contributed by atoms with van der Waals surface area (Å²) in [7, 11) is 4.14. The number of anilines is 2. The molecule has 2 aromatic heterocycles. The van der Waals surface area contributed by atoms with Crippen LogP contribution < -0.4 is 19.5 Å². The van der Waals surface area contributed by atoms with Crippen LogP contribution in [-0.4, -0.2) is 42.4 Å². The monoisotopic (exact) mass is 512 g/mol. The summed E-state index contributed by atoms with van der Waals surface area (Å²) in [5.74, 6) is 0.260. The molecule has 0 amide bonds. The number of carbonyl (C=O) groups is 1. The van der Waals surface area contributed by atoms with Gasteiger partial charge in [-0.3, -0.25) is 0 Å². The first-order valence-electron chi connectivity index (χ1n) is 10.6. The lowest BCUT2D eigenvalue weighted by Gasteiger charge is -2.17. The number of aromatic nitrogens is 3. The normalized spacial score (nSPS) is 10.8. The standard InChI is InChI=1S/C25H22ClFN4O5/c1-12-8-15(27)17(11-19(12)36-25(32)35-5)29-23-22-16(30-24(31-23)34-4)6-7-18(33-3)21(22)14-9-13(2)28-20(26)10-14/h6-11H,1-5H3,(H,29,30,31). The largest absolute Gasteiger partial charge is 0.513 e. The number of halogens is 2. The SMILES string of the molecule is COC(=O)Oc1cc(Nc2nc(OC)nc3ccc(OC)c(-c4cc(C)nc(Cl)c4)c23)c(F)cc1C. The number of hydrogen-bond donors (Lipinski definition) is 1. The Morgan fingerprint density at radius 2 is 1.75 bits per heavy atom. The highest BCUT2D eigenvalue weighted by atomic mass is 35.5. The van der Waals surface area contributed by atoms with Crippen LogP contribution in [0.15, 0.2) is 36.4 Å². The molecular weight excluding hydrogens is 491 g/mol. The third-order valence-electron chi connectivity index (χ3n) is 5.30. The number of pyridine rings is 1. The minimum atomic E-state index is -0.929. The first kappa shape index (κ1) is 24.9. The summed E-state index contributed by atoms with van der Waals surface area (Å²) in [6.07, 6.45) is -0.929. The van der Waals surface area contributed by atoms with Crippen molar-refractivity contribution in [1.29, 1.82) is 0 Å². The summed E-state index contributed by atoms with van der Waals surface area (Å²) in [4.78, 5) is 24.8. The van der Waals surface area contributed by atoms with E-state index in [1.165, 1.54) is 33.5 Å². The number of methoxy groups -OCH3 is 3. The number of hydrogen-bond acceptors (Lipinski definition) is 9. The molecule has 0 aliphatic rings. The number of carbonyl (C=O) groups excluding carboxylic acids is 1. The first-order chi connectivity index (χ1) is 17.2. The van der Waals surface area contributed by atoms with Gasteiger partial charge in [-0.15, -0.1) is 0 Å². The van der Waals surface area contributed by atoms with Gasteiger partial charge in [0.1, 0.15) is 28.3 Å². The molecule has 0 unspecified atom stereocenters. The van der Waals surface area contributed by atoms with Crippen LogP contribution in [0.2, 0.25) is 5.15 Å². The molecule has 4 rings (SSSR count). The molecule has 2 aromatic carbocycles. The summed E-state index contributed by atoms with van der Waals surface area (Å²) < 4.78 is 35.7. The van der Waals surface area contributed by atoms with E-state index in [0.717, 1.165) is 0 Å². The van der Waals surface area contributed by atoms with E-state index < -0.39 is 12.0 Å². The van der Waals surface area contributed by atoms with Gasteiger partial charge in [-0.1, -0.05) is 11.6 Å². The van der Waals surface area contributed by atoms with Crippen molar-refractivity contribution in [2.45, 2.75) is 13.8 Å². The second-order valence-corrected chi connectivity index (χ2v) is 8.08. The molecule has 36 heavy (non-hydrogen) atoms. The van der Waals surface area contributed by atoms with Crippen molar-refractivity contribution in [2.75, 3.05) is 26.6 Å². The minimum Gasteiger partial charge on any atom is -0.496 e. The lowest BCUT2D eigenvalue weighted by atomic mass is 9.99. The van der Waals surface area contributed by atoms with Gasteiger partial charge < -0.3 is 24.3 Å². The van der Waals surface area contributed by atoms with Crippen molar-refractivity contribution >= 4 is 40.2 Å². The van der Waals surface area contributed by atoms with E-state index in [0.29, 0.717) is 44.2 Å². The number of nitrogens with zero attached hydrogens (tertiary/aromatic N) is 3. The van der Waals surface area contributed by atoms with E-state index in [9.17, 15) is 4.79 Å². The lowest BCUT2D eigenvalue weighted by Crippen LogP contribution is -2.09. The van der Waals surface area contributed by atoms with Crippen LogP contribution in [0, 0.1) is 19.7 Å². The highest BCUT2D eigenvalue weighted by Gasteiger charge is 2.21. The summed E-state index contributed by atoms with van der Waals surface area (Å²) in [6.45, 7) is 3.42. The Morgan fingerprint density at radius 3 is 2.42 bits per heavy atom. The highest BCUT2D eigenvalue weighted by Crippen LogP contribution is 2.42. The van der Waals surface area contributed by atoms with E-state index in [2.05, 4.69) is 25.0 Å². The number of ether oxygens (including phenoxy) is 4. The molecule has 0 spiro atoms. The maximum absolute atomic E-state index is 15.0. The lowest BCUT2D eigenvalue weighted by molar-refractivity contribution is 0.121. The van der Waals surface area contributed by atoms with E-state index in [1.807, 2.05) is 13.0 Å². The summed E-state index contributed by atoms with van der Waals surface area (Å²) in [6, 6.07) is 9.65. The molecule has 0 saturated heterocycles. The van der Waals surface area contributed by atoms with Crippen LogP contribution >= 0.6 is 11.6 Å². The maximum atomic E-state index is 15.0. The molecule has 1 N–H and O–H groups in total. The summed E-state index contributed by atoms with van der Waals surface area (Å²) >= 11 is 6.25. The third-order valence-corrected chi connectivity index (χ3v) is 5.49. The van der Waals surface area contributed by atoms with Gasteiger partial charge in [0.2, 0.25) is 0 Å². The molecule has 0 radical (unpaired) electrons. The molecule has 0 fully saturated rings. The number of aryl methyl sites for hydroxylation is 2. The second kappa shape index (κ2) is 10.2. The maximum Gasteiger partial charge on any atom is 0.513 e. The van der Waals surface area contributed by atoms with Gasteiger partial charge in [-0.25, -0.2) is 14.2 Å². The average Bonchev–Trinajstić information content (AvgIpc) is 2.85. The molecule has 0 aliphatic heterocycles. The van der Waals surface area contributed by atoms with Crippen molar-refractivity contribution in [1.82, 2.24) is 15.0 Å². The van der Waals surface area contributed by atoms with Gasteiger partial charge in [-0.05, 0) is 55.3 Å². The number of rotatable bonds is 6. The topological polar surface area (TPSA) is 105 Å². The Morgan fingerprint density at radius 1 is 0.972 bits per heavy atom. The smallest absolute Gasteiger partial charge is 0.496 e. The molecule has 11 heteroatoms. The molecule has 4 aromatic rings. The third kappa shape index (κ3) is 4.94. The van der Waals surface area contributed by atoms with E-state index in [-0.39, 0.29) is 23.3 Å². The fourth-order valence-electron chi connectivity index (χ4n) is 3.71. The first-order valence-corrected chi connectivity index (χ1v) is 11.0. The molecule has 186 valence electrons. The number of nitrogens with one attached hydrogen (secondary N) is 1. The van der Waals surface area contributed by atoms with Gasteiger partial charge in [0.25, 0.3) is 0 Å². The highest BCUT2D eigenvalue weighted by molar-refractivity contribution is 6.29. The Labute approximate surface area is 211 Å². The van der Waals surface area contributed by atoms with Gasteiger partial charge in [0.05, 0.1) is 37.9 Å². The number of fused-ring (bicyclic) bond motifs is 1. The van der Waals surface area contributed by atoms with Crippen LogP contribution in [-0.2, 0) is 4.74 Å².